The predicted octanol–water partition coefficient (Wildman–Crippen LogP) is 2.54. The third-order valence-corrected chi connectivity index (χ3v) is 6.31. The van der Waals surface area contributed by atoms with Crippen molar-refractivity contribution in [1.82, 2.24) is 9.80 Å². The number of fused-ring (bicyclic) bond motifs is 1. The van der Waals surface area contributed by atoms with Crippen LogP contribution in [0.4, 0.5) is 10.5 Å². The van der Waals surface area contributed by atoms with Crippen LogP contribution in [-0.2, 0) is 16.1 Å². The maximum absolute atomic E-state index is 13.0. The molecule has 4 amide bonds. The number of nitrogens with zero attached hydrogens (tertiary/aromatic N) is 4. The van der Waals surface area contributed by atoms with Gasteiger partial charge in [-0.3, -0.25) is 19.4 Å². The molecule has 0 spiro atoms. The van der Waals surface area contributed by atoms with Crippen LogP contribution < -0.4 is 5.32 Å². The highest BCUT2D eigenvalue weighted by Crippen LogP contribution is 2.24. The summed E-state index contributed by atoms with van der Waals surface area (Å²) in [5.74, 6) is 0.00688. The number of hydrogen-bond acceptors (Lipinski definition) is 5. The van der Waals surface area contributed by atoms with E-state index < -0.39 is 12.1 Å². The fourth-order valence-electron chi connectivity index (χ4n) is 3.71. The molecular formula is C23H24N5O3S+. The first-order valence-electron chi connectivity index (χ1n) is 10.2. The van der Waals surface area contributed by atoms with Crippen LogP contribution in [-0.4, -0.2) is 69.1 Å². The number of carbonyl (C=O) groups excluding carboxylic acids is 3. The summed E-state index contributed by atoms with van der Waals surface area (Å²) >= 11 is 1.25. The molecule has 8 nitrogen and oxygen atoms in total. The zero-order chi connectivity index (χ0) is 22.8. The minimum absolute atomic E-state index is 0.125. The molecule has 2 aliphatic heterocycles. The van der Waals surface area contributed by atoms with Crippen molar-refractivity contribution < 1.29 is 19.0 Å². The lowest BCUT2D eigenvalue weighted by Crippen LogP contribution is -2.61. The Kier molecular flexibility index (Phi) is 6.09. The molecule has 32 heavy (non-hydrogen) atoms. The number of aliphatic imine (C=N–C) groups is 1. The van der Waals surface area contributed by atoms with E-state index in [0.29, 0.717) is 23.2 Å². The third-order valence-electron chi connectivity index (χ3n) is 5.32. The van der Waals surface area contributed by atoms with E-state index >= 15 is 0 Å². The number of hydrogen-bond donors (Lipinski definition) is 1. The van der Waals surface area contributed by atoms with Crippen molar-refractivity contribution in [1.29, 1.82) is 0 Å². The van der Waals surface area contributed by atoms with E-state index in [1.165, 1.54) is 23.7 Å². The van der Waals surface area contributed by atoms with Gasteiger partial charge in [0.1, 0.15) is 6.54 Å². The quantitative estimate of drug-likeness (QED) is 0.710. The SMILES string of the molecule is Cc1cccc(C[N+]2=C(SCC(=O)Nc3ccccc3)N=C3C2C(=O)N(C)C(=O)N3C)c1. The van der Waals surface area contributed by atoms with Gasteiger partial charge >= 0.3 is 11.2 Å². The van der Waals surface area contributed by atoms with E-state index in [-0.39, 0.29) is 17.6 Å². The highest BCUT2D eigenvalue weighted by molar-refractivity contribution is 8.14. The smallest absolute Gasteiger partial charge is 0.325 e. The van der Waals surface area contributed by atoms with Crippen molar-refractivity contribution in [3.8, 4) is 0 Å². The molecule has 0 saturated carbocycles. The number of aryl methyl sites for hydroxylation is 1. The van der Waals surface area contributed by atoms with Gasteiger partial charge in [0.25, 0.3) is 17.8 Å². The van der Waals surface area contributed by atoms with Gasteiger partial charge in [-0.05, 0) is 41.4 Å². The molecular weight excluding hydrogens is 426 g/mol. The van der Waals surface area contributed by atoms with Crippen LogP contribution >= 0.6 is 11.8 Å². The number of benzene rings is 2. The van der Waals surface area contributed by atoms with Crippen LogP contribution in [0, 0.1) is 6.92 Å². The zero-order valence-corrected chi connectivity index (χ0v) is 18.9. The van der Waals surface area contributed by atoms with Gasteiger partial charge in [0, 0.05) is 19.8 Å². The van der Waals surface area contributed by atoms with Crippen LogP contribution in [0.2, 0.25) is 0 Å². The predicted molar refractivity (Wildman–Crippen MR) is 125 cm³/mol. The van der Waals surface area contributed by atoms with Gasteiger partial charge in [0.15, 0.2) is 0 Å². The lowest BCUT2D eigenvalue weighted by Gasteiger charge is -2.30. The van der Waals surface area contributed by atoms with E-state index in [0.717, 1.165) is 16.0 Å². The van der Waals surface area contributed by atoms with Gasteiger partial charge in [-0.25, -0.2) is 9.37 Å². The molecule has 9 heteroatoms. The Balaban J connectivity index is 1.61. The zero-order valence-electron chi connectivity index (χ0n) is 18.1. The molecule has 2 aromatic rings. The lowest BCUT2D eigenvalue weighted by atomic mass is 10.1. The third kappa shape index (κ3) is 4.29. The fourth-order valence-corrected chi connectivity index (χ4v) is 4.53. The van der Waals surface area contributed by atoms with Crippen molar-refractivity contribution in [2.75, 3.05) is 25.2 Å². The van der Waals surface area contributed by atoms with Gasteiger partial charge < -0.3 is 5.32 Å². The number of thioether (sulfide) groups is 1. The average molecular weight is 451 g/mol. The normalized spacial score (nSPS) is 18.1. The van der Waals surface area contributed by atoms with Gasteiger partial charge in [-0.2, -0.15) is 0 Å². The van der Waals surface area contributed by atoms with Crippen molar-refractivity contribution in [2.24, 2.45) is 4.99 Å². The standard InChI is InChI=1S/C23H23N5O3S/c1-15-8-7-9-16(12-15)13-28-19-20(26(2)23(31)27(3)21(19)30)25-22(28)32-14-18(29)24-17-10-5-4-6-11-17/h4-12,19H,13-14H2,1-3H3/p+1. The second-order valence-corrected chi connectivity index (χ2v) is 8.66. The number of amides is 4. The van der Waals surface area contributed by atoms with Gasteiger partial charge in [-0.15, -0.1) is 0 Å². The molecule has 164 valence electrons. The molecule has 1 fully saturated rings. The lowest BCUT2D eigenvalue weighted by molar-refractivity contribution is -0.548. The molecule has 2 aromatic carbocycles. The van der Waals surface area contributed by atoms with Crippen molar-refractivity contribution in [3.63, 3.8) is 0 Å². The number of imide groups is 1. The number of urea groups is 1. The van der Waals surface area contributed by atoms with Crippen LogP contribution in [0.25, 0.3) is 0 Å². The number of amidine groups is 2. The van der Waals surface area contributed by atoms with Crippen molar-refractivity contribution in [3.05, 3.63) is 65.7 Å². The first kappa shape index (κ1) is 21.8. The van der Waals surface area contributed by atoms with Crippen LogP contribution in [0.1, 0.15) is 11.1 Å². The summed E-state index contributed by atoms with van der Waals surface area (Å²) in [7, 11) is 3.08. The summed E-state index contributed by atoms with van der Waals surface area (Å²) < 4.78 is 1.87. The molecule has 1 saturated heterocycles. The Morgan fingerprint density at radius 3 is 2.56 bits per heavy atom. The van der Waals surface area contributed by atoms with Crippen LogP contribution in [0.3, 0.4) is 0 Å². The van der Waals surface area contributed by atoms with Crippen LogP contribution in [0.5, 0.6) is 0 Å². The number of nitrogens with one attached hydrogen (secondary N) is 1. The van der Waals surface area contributed by atoms with Gasteiger partial charge in [-0.1, -0.05) is 48.0 Å². The van der Waals surface area contributed by atoms with Crippen LogP contribution in [0.15, 0.2) is 59.6 Å². The number of rotatable bonds is 5. The Labute approximate surface area is 190 Å². The summed E-state index contributed by atoms with van der Waals surface area (Å²) in [5.41, 5.74) is 2.84. The molecule has 1 unspecified atom stereocenters. The van der Waals surface area contributed by atoms with Gasteiger partial charge in [0.2, 0.25) is 5.91 Å². The summed E-state index contributed by atoms with van der Waals surface area (Å²) in [5, 5.41) is 3.39. The Morgan fingerprint density at radius 2 is 1.84 bits per heavy atom. The largest absolute Gasteiger partial charge is 0.358 e. The molecule has 0 bridgehead atoms. The minimum atomic E-state index is -0.706. The molecule has 1 N–H and O–H groups in total. The molecule has 2 aliphatic rings. The Hall–Kier alpha value is -3.46. The molecule has 0 radical (unpaired) electrons. The summed E-state index contributed by atoms with van der Waals surface area (Å²) in [6.07, 6.45) is 0. The first-order chi connectivity index (χ1) is 15.3. The van der Waals surface area contributed by atoms with E-state index in [1.807, 2.05) is 66.1 Å². The average Bonchev–Trinajstić information content (AvgIpc) is 3.14. The minimum Gasteiger partial charge on any atom is -0.325 e. The maximum atomic E-state index is 13.0. The highest BCUT2D eigenvalue weighted by Gasteiger charge is 2.53. The molecule has 4 rings (SSSR count). The number of likely N-dealkylation sites (N-methyl/N-ethyl adjacent to an activating group) is 2. The van der Waals surface area contributed by atoms with E-state index in [1.54, 1.807) is 7.05 Å². The molecule has 2 heterocycles. The number of anilines is 1. The fraction of sp³-hybridized carbons (Fsp3) is 0.261. The maximum Gasteiger partial charge on any atom is 0.358 e. The van der Waals surface area contributed by atoms with E-state index in [9.17, 15) is 14.4 Å². The number of para-hydroxylation sites is 1. The van der Waals surface area contributed by atoms with Gasteiger partial charge in [0.05, 0.1) is 5.75 Å². The summed E-state index contributed by atoms with van der Waals surface area (Å²) in [4.78, 5) is 45.0. The number of carbonyl (C=O) groups is 3. The van der Waals surface area contributed by atoms with E-state index in [4.69, 9.17) is 0 Å². The summed E-state index contributed by atoms with van der Waals surface area (Å²) in [6.45, 7) is 2.44. The van der Waals surface area contributed by atoms with Crippen molar-refractivity contribution in [2.45, 2.75) is 19.5 Å². The first-order valence-corrected chi connectivity index (χ1v) is 11.1. The molecule has 1 atom stereocenters. The van der Waals surface area contributed by atoms with Crippen molar-refractivity contribution >= 4 is 46.3 Å². The Morgan fingerprint density at radius 1 is 1.09 bits per heavy atom. The summed E-state index contributed by atoms with van der Waals surface area (Å²) in [6, 6.07) is 16.1. The Bertz CT molecular complexity index is 1150. The monoisotopic (exact) mass is 450 g/mol. The second kappa shape index (κ2) is 8.96. The highest BCUT2D eigenvalue weighted by atomic mass is 32.2. The van der Waals surface area contributed by atoms with E-state index in [2.05, 4.69) is 10.3 Å². The second-order valence-electron chi connectivity index (χ2n) is 7.71. The molecule has 0 aliphatic carbocycles. The topological polar surface area (TPSA) is 85.1 Å². The molecule has 0 aromatic heterocycles.